The summed E-state index contributed by atoms with van der Waals surface area (Å²) in [6.45, 7) is 2.45. The van der Waals surface area contributed by atoms with Gasteiger partial charge < -0.3 is 15.3 Å². The first-order valence-corrected chi connectivity index (χ1v) is 8.01. The van der Waals surface area contributed by atoms with Crippen LogP contribution in [0.4, 0.5) is 0 Å². The molecule has 0 radical (unpaired) electrons. The molecule has 1 saturated carbocycles. The lowest BCUT2D eigenvalue weighted by molar-refractivity contribution is 0.0222. The highest BCUT2D eigenvalue weighted by Crippen LogP contribution is 2.36. The number of benzene rings is 1. The van der Waals surface area contributed by atoms with Crippen molar-refractivity contribution in [1.29, 1.82) is 0 Å². The fourth-order valence-corrected chi connectivity index (χ4v) is 3.79. The number of carbonyl (C=O) groups is 1. The Hall–Kier alpha value is -1.26. The van der Waals surface area contributed by atoms with Crippen molar-refractivity contribution in [2.45, 2.75) is 37.6 Å². The van der Waals surface area contributed by atoms with Gasteiger partial charge in [0.15, 0.2) is 0 Å². The van der Waals surface area contributed by atoms with Crippen molar-refractivity contribution in [3.63, 3.8) is 0 Å². The number of rotatable bonds is 1. The first-order valence-electron chi connectivity index (χ1n) is 7.64. The van der Waals surface area contributed by atoms with Crippen molar-refractivity contribution in [1.82, 2.24) is 10.2 Å². The molecule has 21 heavy (non-hydrogen) atoms. The minimum absolute atomic E-state index is 0.0147. The minimum atomic E-state index is -0.0437. The van der Waals surface area contributed by atoms with Crippen LogP contribution in [0.2, 0.25) is 5.02 Å². The first-order chi connectivity index (χ1) is 10.1. The lowest BCUT2D eigenvalue weighted by Gasteiger charge is -2.49. The summed E-state index contributed by atoms with van der Waals surface area (Å²) in [5, 5.41) is 13.2. The summed E-state index contributed by atoms with van der Waals surface area (Å²) in [4.78, 5) is 14.9. The molecule has 0 atom stereocenters. The molecule has 2 fully saturated rings. The molecule has 1 aliphatic carbocycles. The van der Waals surface area contributed by atoms with Crippen LogP contribution in [0.3, 0.4) is 0 Å². The van der Waals surface area contributed by atoms with Crippen LogP contribution in [0.5, 0.6) is 5.75 Å². The van der Waals surface area contributed by atoms with Crippen LogP contribution in [0, 0.1) is 0 Å². The topological polar surface area (TPSA) is 52.6 Å². The molecule has 1 heterocycles. The van der Waals surface area contributed by atoms with E-state index in [0.717, 1.165) is 32.5 Å². The summed E-state index contributed by atoms with van der Waals surface area (Å²) in [6.07, 6.45) is 5.76. The predicted molar refractivity (Wildman–Crippen MR) is 82.8 cm³/mol. The molecule has 0 aromatic heterocycles. The highest BCUT2D eigenvalue weighted by Gasteiger charge is 2.42. The van der Waals surface area contributed by atoms with E-state index in [4.69, 9.17) is 11.6 Å². The average molecular weight is 309 g/mol. The highest BCUT2D eigenvalue weighted by molar-refractivity contribution is 6.32. The van der Waals surface area contributed by atoms with E-state index in [9.17, 15) is 9.90 Å². The van der Waals surface area contributed by atoms with Crippen molar-refractivity contribution in [3.05, 3.63) is 28.8 Å². The standard InChI is InChI=1S/C16H21ClN2O2/c17-13-10-12(4-5-14(13)20)15(21)19-9-8-18-11-16(19)6-2-1-3-7-16/h4-5,10,18,20H,1-3,6-9,11H2. The van der Waals surface area contributed by atoms with Gasteiger partial charge in [0.25, 0.3) is 5.91 Å². The molecule has 1 amide bonds. The third-order valence-electron chi connectivity index (χ3n) is 4.76. The van der Waals surface area contributed by atoms with Gasteiger partial charge >= 0.3 is 0 Å². The Morgan fingerprint density at radius 3 is 2.76 bits per heavy atom. The molecule has 1 aromatic carbocycles. The smallest absolute Gasteiger partial charge is 0.254 e. The second-order valence-electron chi connectivity index (χ2n) is 6.08. The molecule has 2 N–H and O–H groups in total. The zero-order valence-corrected chi connectivity index (χ0v) is 12.8. The Labute approximate surface area is 130 Å². The van der Waals surface area contributed by atoms with Crippen molar-refractivity contribution >= 4 is 17.5 Å². The van der Waals surface area contributed by atoms with Crippen LogP contribution in [0.15, 0.2) is 18.2 Å². The van der Waals surface area contributed by atoms with Gasteiger partial charge in [-0.05, 0) is 31.0 Å². The van der Waals surface area contributed by atoms with E-state index < -0.39 is 0 Å². The van der Waals surface area contributed by atoms with Crippen LogP contribution < -0.4 is 5.32 Å². The molecule has 1 aromatic rings. The number of phenolic OH excluding ortho intramolecular Hbond substituents is 1. The molecular weight excluding hydrogens is 288 g/mol. The molecule has 114 valence electrons. The number of nitrogens with zero attached hydrogens (tertiary/aromatic N) is 1. The largest absolute Gasteiger partial charge is 0.506 e. The van der Waals surface area contributed by atoms with E-state index in [0.29, 0.717) is 5.56 Å². The molecule has 0 bridgehead atoms. The molecule has 4 nitrogen and oxygen atoms in total. The monoisotopic (exact) mass is 308 g/mol. The number of halogens is 1. The van der Waals surface area contributed by atoms with Crippen LogP contribution in [0.25, 0.3) is 0 Å². The van der Waals surface area contributed by atoms with E-state index in [-0.39, 0.29) is 22.2 Å². The zero-order valence-electron chi connectivity index (χ0n) is 12.1. The number of phenols is 1. The molecule has 1 saturated heterocycles. The first kappa shape index (κ1) is 14.7. The maximum Gasteiger partial charge on any atom is 0.254 e. The van der Waals surface area contributed by atoms with Crippen molar-refractivity contribution < 1.29 is 9.90 Å². The van der Waals surface area contributed by atoms with E-state index in [1.165, 1.54) is 25.3 Å². The number of amides is 1. The Kier molecular flexibility index (Phi) is 4.09. The van der Waals surface area contributed by atoms with E-state index in [1.807, 2.05) is 4.90 Å². The van der Waals surface area contributed by atoms with Crippen LogP contribution in [0.1, 0.15) is 42.5 Å². The van der Waals surface area contributed by atoms with Crippen LogP contribution in [-0.2, 0) is 0 Å². The fourth-order valence-electron chi connectivity index (χ4n) is 3.61. The Bertz CT molecular complexity index is 533. The summed E-state index contributed by atoms with van der Waals surface area (Å²) >= 11 is 5.94. The number of hydrogen-bond donors (Lipinski definition) is 2. The summed E-state index contributed by atoms with van der Waals surface area (Å²) in [6, 6.07) is 4.71. The third kappa shape index (κ3) is 2.74. The number of hydrogen-bond acceptors (Lipinski definition) is 3. The average Bonchev–Trinajstić information content (AvgIpc) is 2.51. The Balaban J connectivity index is 1.88. The molecule has 0 unspecified atom stereocenters. The molecule has 1 spiro atoms. The van der Waals surface area contributed by atoms with E-state index in [2.05, 4.69) is 5.32 Å². The maximum atomic E-state index is 12.9. The maximum absolute atomic E-state index is 12.9. The number of carbonyl (C=O) groups excluding carboxylic acids is 1. The van der Waals surface area contributed by atoms with Gasteiger partial charge in [-0.25, -0.2) is 0 Å². The molecule has 3 rings (SSSR count). The molecule has 5 heteroatoms. The second kappa shape index (κ2) is 5.85. The van der Waals surface area contributed by atoms with Crippen LogP contribution >= 0.6 is 11.6 Å². The summed E-state index contributed by atoms with van der Waals surface area (Å²) in [7, 11) is 0. The summed E-state index contributed by atoms with van der Waals surface area (Å²) < 4.78 is 0. The number of nitrogens with one attached hydrogen (secondary N) is 1. The third-order valence-corrected chi connectivity index (χ3v) is 5.07. The van der Waals surface area contributed by atoms with Gasteiger partial charge in [0.05, 0.1) is 10.6 Å². The van der Waals surface area contributed by atoms with E-state index in [1.54, 1.807) is 12.1 Å². The predicted octanol–water partition coefficient (Wildman–Crippen LogP) is 2.79. The quantitative estimate of drug-likeness (QED) is 0.839. The lowest BCUT2D eigenvalue weighted by atomic mass is 9.78. The van der Waals surface area contributed by atoms with Gasteiger partial charge in [-0.2, -0.15) is 0 Å². The van der Waals surface area contributed by atoms with E-state index >= 15 is 0 Å². The summed E-state index contributed by atoms with van der Waals surface area (Å²) in [5.74, 6) is 0.0428. The molecule has 1 aliphatic heterocycles. The SMILES string of the molecule is O=C(c1ccc(O)c(Cl)c1)N1CCNCC12CCCCC2. The van der Waals surface area contributed by atoms with Gasteiger partial charge in [-0.3, -0.25) is 4.79 Å². The van der Waals surface area contributed by atoms with Gasteiger partial charge in [0.2, 0.25) is 0 Å². The van der Waals surface area contributed by atoms with Gasteiger partial charge in [0.1, 0.15) is 5.75 Å². The molecular formula is C16H21ClN2O2. The summed E-state index contributed by atoms with van der Waals surface area (Å²) in [5.41, 5.74) is 0.516. The second-order valence-corrected chi connectivity index (χ2v) is 6.49. The lowest BCUT2D eigenvalue weighted by Crippen LogP contribution is -2.63. The highest BCUT2D eigenvalue weighted by atomic mass is 35.5. The Morgan fingerprint density at radius 1 is 1.29 bits per heavy atom. The Morgan fingerprint density at radius 2 is 2.05 bits per heavy atom. The minimum Gasteiger partial charge on any atom is -0.506 e. The van der Waals surface area contributed by atoms with Crippen molar-refractivity contribution in [2.24, 2.45) is 0 Å². The van der Waals surface area contributed by atoms with Gasteiger partial charge in [-0.15, -0.1) is 0 Å². The molecule has 2 aliphatic rings. The van der Waals surface area contributed by atoms with Crippen molar-refractivity contribution in [3.8, 4) is 5.75 Å². The number of aromatic hydroxyl groups is 1. The number of piperazine rings is 1. The normalized spacial score (nSPS) is 21.5. The van der Waals surface area contributed by atoms with Crippen LogP contribution in [-0.4, -0.2) is 41.1 Å². The van der Waals surface area contributed by atoms with Gasteiger partial charge in [-0.1, -0.05) is 30.9 Å². The van der Waals surface area contributed by atoms with Gasteiger partial charge in [0, 0.05) is 25.2 Å². The zero-order chi connectivity index (χ0) is 14.9. The fraction of sp³-hybridized carbons (Fsp3) is 0.562. The van der Waals surface area contributed by atoms with Crippen molar-refractivity contribution in [2.75, 3.05) is 19.6 Å².